The normalized spacial score (nSPS) is 16.2. The highest BCUT2D eigenvalue weighted by Crippen LogP contribution is 2.26. The van der Waals surface area contributed by atoms with Crippen molar-refractivity contribution in [3.05, 3.63) is 29.3 Å². The molecule has 7 heteroatoms. The molecule has 0 radical (unpaired) electrons. The zero-order valence-corrected chi connectivity index (χ0v) is 10.9. The van der Waals surface area contributed by atoms with Crippen molar-refractivity contribution in [1.29, 1.82) is 0 Å². The number of aryl methyl sites for hydroxylation is 2. The Morgan fingerprint density at radius 3 is 2.37 bits per heavy atom. The predicted molar refractivity (Wildman–Crippen MR) is 62.3 cm³/mol. The van der Waals surface area contributed by atoms with Gasteiger partial charge in [-0.15, -0.1) is 0 Å². The molecule has 0 bridgehead atoms. The molecule has 1 aromatic rings. The number of benzene rings is 1. The Labute approximate surface area is 109 Å². The summed E-state index contributed by atoms with van der Waals surface area (Å²) in [7, 11) is -4.35. The Balaban J connectivity index is 2.21. The second kappa shape index (κ2) is 5.13. The summed E-state index contributed by atoms with van der Waals surface area (Å²) >= 11 is 0. The second-order valence-electron chi connectivity index (χ2n) is 4.47. The smallest absolute Gasteiger partial charge is 0.257 e. The van der Waals surface area contributed by atoms with Crippen LogP contribution in [-0.4, -0.2) is 21.2 Å². The van der Waals surface area contributed by atoms with Gasteiger partial charge in [-0.3, -0.25) is 4.18 Å². The molecular weight excluding hydrogens is 281 g/mol. The molecule has 0 saturated heterocycles. The lowest BCUT2D eigenvalue weighted by molar-refractivity contribution is -0.152. The van der Waals surface area contributed by atoms with Crippen LogP contribution in [-0.2, 0) is 27.1 Å². The summed E-state index contributed by atoms with van der Waals surface area (Å²) in [4.78, 5) is -0.211. The van der Waals surface area contributed by atoms with E-state index in [-0.39, 0.29) is 4.90 Å². The first-order chi connectivity index (χ1) is 8.78. The molecule has 0 unspecified atom stereocenters. The van der Waals surface area contributed by atoms with Gasteiger partial charge in [-0.25, -0.2) is 0 Å². The summed E-state index contributed by atoms with van der Waals surface area (Å²) in [6.07, 6.45) is -1.04. The van der Waals surface area contributed by atoms with Gasteiger partial charge in [0, 0.05) is 0 Å². The monoisotopic (exact) mass is 294 g/mol. The van der Waals surface area contributed by atoms with Crippen molar-refractivity contribution >= 4 is 10.1 Å². The van der Waals surface area contributed by atoms with Crippen LogP contribution in [0.5, 0.6) is 0 Å². The van der Waals surface area contributed by atoms with E-state index in [4.69, 9.17) is 0 Å². The lowest BCUT2D eigenvalue weighted by atomic mass is 9.92. The summed E-state index contributed by atoms with van der Waals surface area (Å²) in [5, 5.41) is 0. The standard InChI is InChI=1S/C12H13F3O3S/c13-12(14,15)8-18-19(16,17)11-6-5-9-3-1-2-4-10(9)7-11/h5-7H,1-4,8H2. The van der Waals surface area contributed by atoms with Gasteiger partial charge in [0.15, 0.2) is 6.61 Å². The van der Waals surface area contributed by atoms with Crippen molar-refractivity contribution in [3.8, 4) is 0 Å². The van der Waals surface area contributed by atoms with Gasteiger partial charge < -0.3 is 0 Å². The molecule has 19 heavy (non-hydrogen) atoms. The predicted octanol–water partition coefficient (Wildman–Crippen LogP) is 2.83. The Bertz CT molecular complexity index is 564. The van der Waals surface area contributed by atoms with Crippen LogP contribution in [0.15, 0.2) is 23.1 Å². The molecule has 0 spiro atoms. The SMILES string of the molecule is O=S(=O)(OCC(F)(F)F)c1ccc2c(c1)CCCC2. The van der Waals surface area contributed by atoms with Crippen LogP contribution >= 0.6 is 0 Å². The minimum atomic E-state index is -4.67. The van der Waals surface area contributed by atoms with Crippen LogP contribution in [0.25, 0.3) is 0 Å². The second-order valence-corrected chi connectivity index (χ2v) is 6.08. The molecule has 1 aromatic carbocycles. The van der Waals surface area contributed by atoms with Crippen molar-refractivity contribution in [2.45, 2.75) is 36.8 Å². The van der Waals surface area contributed by atoms with Crippen LogP contribution in [0.3, 0.4) is 0 Å². The van der Waals surface area contributed by atoms with E-state index >= 15 is 0 Å². The largest absolute Gasteiger partial charge is 0.413 e. The lowest BCUT2D eigenvalue weighted by Crippen LogP contribution is -2.20. The first-order valence-electron chi connectivity index (χ1n) is 5.86. The minimum absolute atomic E-state index is 0.211. The van der Waals surface area contributed by atoms with Crippen LogP contribution in [0.4, 0.5) is 13.2 Å². The van der Waals surface area contributed by atoms with Gasteiger partial charge in [0.2, 0.25) is 0 Å². The van der Waals surface area contributed by atoms with Crippen molar-refractivity contribution in [2.75, 3.05) is 6.61 Å². The highest BCUT2D eigenvalue weighted by molar-refractivity contribution is 7.86. The highest BCUT2D eigenvalue weighted by Gasteiger charge is 2.31. The summed E-state index contributed by atoms with van der Waals surface area (Å²) in [5.74, 6) is 0. The van der Waals surface area contributed by atoms with E-state index in [0.717, 1.165) is 36.8 Å². The number of halogens is 3. The molecule has 0 atom stereocenters. The van der Waals surface area contributed by atoms with Gasteiger partial charge in [-0.2, -0.15) is 21.6 Å². The van der Waals surface area contributed by atoms with Gasteiger partial charge in [-0.05, 0) is 48.9 Å². The molecule has 0 heterocycles. The van der Waals surface area contributed by atoms with Gasteiger partial charge in [0.05, 0.1) is 4.90 Å². The molecule has 3 nitrogen and oxygen atoms in total. The fourth-order valence-electron chi connectivity index (χ4n) is 2.08. The third-order valence-electron chi connectivity index (χ3n) is 2.99. The summed E-state index contributed by atoms with van der Waals surface area (Å²) in [6, 6.07) is 4.37. The minimum Gasteiger partial charge on any atom is -0.257 e. The number of rotatable bonds is 3. The van der Waals surface area contributed by atoms with Crippen molar-refractivity contribution in [1.82, 2.24) is 0 Å². The molecule has 0 saturated carbocycles. The zero-order chi connectivity index (χ0) is 14.1. The van der Waals surface area contributed by atoms with E-state index < -0.39 is 22.9 Å². The number of fused-ring (bicyclic) bond motifs is 1. The maximum atomic E-state index is 12.0. The number of hydrogen-bond acceptors (Lipinski definition) is 3. The van der Waals surface area contributed by atoms with E-state index in [2.05, 4.69) is 4.18 Å². The quantitative estimate of drug-likeness (QED) is 0.805. The molecule has 0 fully saturated rings. The fraction of sp³-hybridized carbons (Fsp3) is 0.500. The summed E-state index contributed by atoms with van der Waals surface area (Å²) in [6.45, 7) is -1.80. The Morgan fingerprint density at radius 2 is 1.74 bits per heavy atom. The third-order valence-corrected chi connectivity index (χ3v) is 4.25. The van der Waals surface area contributed by atoms with E-state index in [1.54, 1.807) is 6.07 Å². The lowest BCUT2D eigenvalue weighted by Gasteiger charge is -2.16. The Kier molecular flexibility index (Phi) is 3.87. The van der Waals surface area contributed by atoms with E-state index in [0.29, 0.717) is 0 Å². The molecule has 0 aromatic heterocycles. The van der Waals surface area contributed by atoms with E-state index in [9.17, 15) is 21.6 Å². The maximum Gasteiger partial charge on any atom is 0.413 e. The number of hydrogen-bond donors (Lipinski definition) is 0. The Morgan fingerprint density at radius 1 is 1.11 bits per heavy atom. The number of alkyl halides is 3. The summed E-state index contributed by atoms with van der Waals surface area (Å²) < 4.78 is 63.3. The van der Waals surface area contributed by atoms with Crippen LogP contribution in [0, 0.1) is 0 Å². The molecule has 1 aliphatic rings. The van der Waals surface area contributed by atoms with Gasteiger partial charge in [0.1, 0.15) is 0 Å². The first kappa shape index (κ1) is 14.3. The highest BCUT2D eigenvalue weighted by atomic mass is 32.2. The maximum absolute atomic E-state index is 12.0. The third kappa shape index (κ3) is 3.70. The van der Waals surface area contributed by atoms with Gasteiger partial charge in [-0.1, -0.05) is 6.07 Å². The molecule has 0 N–H and O–H groups in total. The Hall–Kier alpha value is -1.08. The van der Waals surface area contributed by atoms with Crippen LogP contribution < -0.4 is 0 Å². The molecular formula is C12H13F3O3S. The first-order valence-corrected chi connectivity index (χ1v) is 7.27. The van der Waals surface area contributed by atoms with Crippen molar-refractivity contribution < 1.29 is 25.8 Å². The molecule has 2 rings (SSSR count). The van der Waals surface area contributed by atoms with Crippen molar-refractivity contribution in [2.24, 2.45) is 0 Å². The average molecular weight is 294 g/mol. The van der Waals surface area contributed by atoms with Gasteiger partial charge >= 0.3 is 6.18 Å². The molecule has 1 aliphatic carbocycles. The van der Waals surface area contributed by atoms with Crippen molar-refractivity contribution in [3.63, 3.8) is 0 Å². The molecule has 106 valence electrons. The average Bonchev–Trinajstić information content (AvgIpc) is 2.35. The zero-order valence-electron chi connectivity index (χ0n) is 10.0. The van der Waals surface area contributed by atoms with Crippen LogP contribution in [0.2, 0.25) is 0 Å². The van der Waals surface area contributed by atoms with E-state index in [1.807, 2.05) is 0 Å². The van der Waals surface area contributed by atoms with E-state index in [1.165, 1.54) is 12.1 Å². The molecule has 0 amide bonds. The topological polar surface area (TPSA) is 43.4 Å². The van der Waals surface area contributed by atoms with Crippen LogP contribution in [0.1, 0.15) is 24.0 Å². The molecule has 0 aliphatic heterocycles. The summed E-state index contributed by atoms with van der Waals surface area (Å²) in [5.41, 5.74) is 1.93. The van der Waals surface area contributed by atoms with Gasteiger partial charge in [0.25, 0.3) is 10.1 Å². The fourth-order valence-corrected chi connectivity index (χ4v) is 3.02.